The van der Waals surface area contributed by atoms with Gasteiger partial charge >= 0.3 is 0 Å². The summed E-state index contributed by atoms with van der Waals surface area (Å²) in [5.41, 5.74) is 8.03. The van der Waals surface area contributed by atoms with Gasteiger partial charge in [0, 0.05) is 38.1 Å². The fourth-order valence-corrected chi connectivity index (χ4v) is 3.01. The Morgan fingerprint density at radius 1 is 1.10 bits per heavy atom. The molecule has 0 unspecified atom stereocenters. The van der Waals surface area contributed by atoms with Crippen molar-refractivity contribution in [3.63, 3.8) is 0 Å². The molecule has 1 aromatic carbocycles. The average Bonchev–Trinajstić information content (AvgIpc) is 2.49. The first kappa shape index (κ1) is 14.5. The van der Waals surface area contributed by atoms with Gasteiger partial charge in [-0.05, 0) is 37.4 Å². The minimum absolute atomic E-state index is 0.593. The summed E-state index contributed by atoms with van der Waals surface area (Å²) >= 11 is 0. The Hall–Kier alpha value is -1.46. The Labute approximate surface area is 126 Å². The third-order valence-electron chi connectivity index (χ3n) is 4.16. The molecule has 1 saturated heterocycles. The second-order valence-corrected chi connectivity index (χ2v) is 5.95. The highest BCUT2D eigenvalue weighted by atomic mass is 16.6. The second kappa shape index (κ2) is 6.54. The summed E-state index contributed by atoms with van der Waals surface area (Å²) in [6, 6.07) is 3.90. The van der Waals surface area contributed by atoms with Crippen LogP contribution < -0.4 is 15.2 Å². The van der Waals surface area contributed by atoms with E-state index in [4.69, 9.17) is 19.9 Å². The predicted molar refractivity (Wildman–Crippen MR) is 81.7 cm³/mol. The molecule has 2 aliphatic heterocycles. The SMILES string of the molecule is CN(Cc1cc2c(cc1N)OCCO2)CC1CCOCC1. The third kappa shape index (κ3) is 3.60. The van der Waals surface area contributed by atoms with Gasteiger partial charge in [0.05, 0.1) is 0 Å². The molecular weight excluding hydrogens is 268 g/mol. The zero-order chi connectivity index (χ0) is 14.7. The molecule has 0 aromatic heterocycles. The molecule has 0 spiro atoms. The lowest BCUT2D eigenvalue weighted by molar-refractivity contribution is 0.0549. The van der Waals surface area contributed by atoms with Crippen molar-refractivity contribution >= 4 is 5.69 Å². The number of ether oxygens (including phenoxy) is 3. The Morgan fingerprint density at radius 3 is 2.48 bits per heavy atom. The average molecular weight is 292 g/mol. The van der Waals surface area contributed by atoms with Crippen LogP contribution in [0.15, 0.2) is 12.1 Å². The molecule has 0 radical (unpaired) electrons. The van der Waals surface area contributed by atoms with Gasteiger partial charge < -0.3 is 24.8 Å². The fourth-order valence-electron chi connectivity index (χ4n) is 3.01. The van der Waals surface area contributed by atoms with E-state index in [2.05, 4.69) is 11.9 Å². The lowest BCUT2D eigenvalue weighted by Gasteiger charge is -2.28. The molecule has 0 bridgehead atoms. The van der Waals surface area contributed by atoms with Crippen LogP contribution in [0.5, 0.6) is 11.5 Å². The molecule has 0 atom stereocenters. The smallest absolute Gasteiger partial charge is 0.163 e. The maximum absolute atomic E-state index is 6.14. The van der Waals surface area contributed by atoms with Crippen molar-refractivity contribution < 1.29 is 14.2 Å². The molecule has 2 aliphatic rings. The van der Waals surface area contributed by atoms with Crippen molar-refractivity contribution in [2.75, 3.05) is 45.8 Å². The van der Waals surface area contributed by atoms with E-state index >= 15 is 0 Å². The molecule has 5 heteroatoms. The van der Waals surface area contributed by atoms with Crippen molar-refractivity contribution in [3.8, 4) is 11.5 Å². The van der Waals surface area contributed by atoms with Crippen LogP contribution in [0.25, 0.3) is 0 Å². The number of rotatable bonds is 4. The Morgan fingerprint density at radius 2 is 1.76 bits per heavy atom. The predicted octanol–water partition coefficient (Wildman–Crippen LogP) is 1.90. The number of nitrogen functional groups attached to an aromatic ring is 1. The summed E-state index contributed by atoms with van der Waals surface area (Å²) < 4.78 is 16.6. The second-order valence-electron chi connectivity index (χ2n) is 5.95. The lowest BCUT2D eigenvalue weighted by Crippen LogP contribution is -2.29. The van der Waals surface area contributed by atoms with Crippen LogP contribution in [-0.4, -0.2) is 44.9 Å². The van der Waals surface area contributed by atoms with Crippen LogP contribution in [0.4, 0.5) is 5.69 Å². The van der Waals surface area contributed by atoms with E-state index in [0.29, 0.717) is 13.2 Å². The summed E-state index contributed by atoms with van der Waals surface area (Å²) in [7, 11) is 2.14. The maximum Gasteiger partial charge on any atom is 0.163 e. The van der Waals surface area contributed by atoms with Gasteiger partial charge in [-0.2, -0.15) is 0 Å². The summed E-state index contributed by atoms with van der Waals surface area (Å²) in [6.45, 7) is 4.90. The van der Waals surface area contributed by atoms with Crippen LogP contribution in [-0.2, 0) is 11.3 Å². The maximum atomic E-state index is 6.14. The van der Waals surface area contributed by atoms with Gasteiger partial charge in [0.2, 0.25) is 0 Å². The van der Waals surface area contributed by atoms with Crippen molar-refractivity contribution in [2.24, 2.45) is 5.92 Å². The molecule has 2 N–H and O–H groups in total. The molecule has 2 heterocycles. The highest BCUT2D eigenvalue weighted by Crippen LogP contribution is 2.34. The fraction of sp³-hybridized carbons (Fsp3) is 0.625. The van der Waals surface area contributed by atoms with E-state index in [1.54, 1.807) is 0 Å². The summed E-state index contributed by atoms with van der Waals surface area (Å²) in [6.07, 6.45) is 2.31. The van der Waals surface area contributed by atoms with Crippen molar-refractivity contribution in [2.45, 2.75) is 19.4 Å². The number of anilines is 1. The molecule has 21 heavy (non-hydrogen) atoms. The van der Waals surface area contributed by atoms with E-state index < -0.39 is 0 Å². The van der Waals surface area contributed by atoms with Gasteiger partial charge in [-0.3, -0.25) is 0 Å². The van der Waals surface area contributed by atoms with Crippen LogP contribution in [0.2, 0.25) is 0 Å². The van der Waals surface area contributed by atoms with Gasteiger partial charge in [0.15, 0.2) is 11.5 Å². The van der Waals surface area contributed by atoms with E-state index in [-0.39, 0.29) is 0 Å². The van der Waals surface area contributed by atoms with E-state index in [1.807, 2.05) is 12.1 Å². The zero-order valence-corrected chi connectivity index (χ0v) is 12.6. The summed E-state index contributed by atoms with van der Waals surface area (Å²) in [5.74, 6) is 2.29. The molecule has 1 fully saturated rings. The first-order valence-electron chi connectivity index (χ1n) is 7.66. The summed E-state index contributed by atoms with van der Waals surface area (Å²) in [5, 5.41) is 0. The lowest BCUT2D eigenvalue weighted by atomic mass is 9.99. The Bertz CT molecular complexity index is 487. The Kier molecular flexibility index (Phi) is 4.51. The van der Waals surface area contributed by atoms with Gasteiger partial charge in [-0.1, -0.05) is 0 Å². The number of hydrogen-bond acceptors (Lipinski definition) is 5. The van der Waals surface area contributed by atoms with E-state index in [0.717, 1.165) is 67.8 Å². The molecule has 0 amide bonds. The molecule has 0 aliphatic carbocycles. The quantitative estimate of drug-likeness (QED) is 0.859. The number of fused-ring (bicyclic) bond motifs is 1. The van der Waals surface area contributed by atoms with Crippen molar-refractivity contribution in [3.05, 3.63) is 17.7 Å². The highest BCUT2D eigenvalue weighted by molar-refractivity contribution is 5.58. The van der Waals surface area contributed by atoms with Gasteiger partial charge in [-0.15, -0.1) is 0 Å². The molecule has 0 saturated carbocycles. The number of benzene rings is 1. The normalized spacial score (nSPS) is 19.0. The first-order chi connectivity index (χ1) is 10.2. The number of hydrogen-bond donors (Lipinski definition) is 1. The minimum atomic E-state index is 0.593. The van der Waals surface area contributed by atoms with Crippen LogP contribution >= 0.6 is 0 Å². The number of nitrogens with two attached hydrogens (primary N) is 1. The highest BCUT2D eigenvalue weighted by Gasteiger charge is 2.18. The van der Waals surface area contributed by atoms with Gasteiger partial charge in [0.1, 0.15) is 13.2 Å². The molecule has 5 nitrogen and oxygen atoms in total. The van der Waals surface area contributed by atoms with Crippen molar-refractivity contribution in [1.29, 1.82) is 0 Å². The monoisotopic (exact) mass is 292 g/mol. The molecular formula is C16H24N2O3. The standard InChI is InChI=1S/C16H24N2O3/c1-18(10-12-2-4-19-5-3-12)11-13-8-15-16(9-14(13)17)21-7-6-20-15/h8-9,12H,2-7,10-11,17H2,1H3. The van der Waals surface area contributed by atoms with E-state index in [9.17, 15) is 0 Å². The van der Waals surface area contributed by atoms with Crippen molar-refractivity contribution in [1.82, 2.24) is 4.90 Å². The molecule has 3 rings (SSSR count). The number of nitrogens with zero attached hydrogens (tertiary/aromatic N) is 1. The summed E-state index contributed by atoms with van der Waals surface area (Å²) in [4.78, 5) is 2.33. The molecule has 1 aromatic rings. The first-order valence-corrected chi connectivity index (χ1v) is 7.66. The van der Waals surface area contributed by atoms with Crippen LogP contribution in [0, 0.1) is 5.92 Å². The Balaban J connectivity index is 1.63. The van der Waals surface area contributed by atoms with Crippen LogP contribution in [0.1, 0.15) is 18.4 Å². The van der Waals surface area contributed by atoms with E-state index in [1.165, 1.54) is 0 Å². The topological polar surface area (TPSA) is 57.0 Å². The van der Waals surface area contributed by atoms with Gasteiger partial charge in [0.25, 0.3) is 0 Å². The minimum Gasteiger partial charge on any atom is -0.486 e. The largest absolute Gasteiger partial charge is 0.486 e. The van der Waals surface area contributed by atoms with Crippen LogP contribution in [0.3, 0.4) is 0 Å². The molecule has 116 valence electrons. The third-order valence-corrected chi connectivity index (χ3v) is 4.16. The van der Waals surface area contributed by atoms with Gasteiger partial charge in [-0.25, -0.2) is 0 Å². The zero-order valence-electron chi connectivity index (χ0n) is 12.6.